The summed E-state index contributed by atoms with van der Waals surface area (Å²) in [6.07, 6.45) is 10.1. The van der Waals surface area contributed by atoms with Gasteiger partial charge < -0.3 is 19.3 Å². The molecule has 292 valence electrons. The molecule has 1 aliphatic heterocycles. The van der Waals surface area contributed by atoms with Crippen molar-refractivity contribution in [2.45, 2.75) is 62.1 Å². The molecule has 0 spiro atoms. The van der Waals surface area contributed by atoms with Crippen LogP contribution in [0, 0.1) is 0 Å². The molecule has 0 radical (unpaired) electrons. The van der Waals surface area contributed by atoms with Crippen molar-refractivity contribution >= 4 is 23.2 Å². The van der Waals surface area contributed by atoms with Gasteiger partial charge in [0.25, 0.3) is 5.91 Å². The molecule has 8 rings (SSSR count). The number of imidazole rings is 1. The van der Waals surface area contributed by atoms with E-state index in [0.29, 0.717) is 27.7 Å². The molecule has 0 bridgehead atoms. The molecule has 0 saturated carbocycles. The van der Waals surface area contributed by atoms with Crippen LogP contribution in [0.15, 0.2) is 152 Å². The largest absolute Gasteiger partial charge is 0.496 e. The lowest BCUT2D eigenvalue weighted by Gasteiger charge is -2.38. The maximum atomic E-state index is 15.3. The van der Waals surface area contributed by atoms with Gasteiger partial charge in [0.1, 0.15) is 21.8 Å². The van der Waals surface area contributed by atoms with E-state index in [1.165, 1.54) is 16.2 Å². The fourth-order valence-corrected chi connectivity index (χ4v) is 9.49. The zero-order valence-electron chi connectivity index (χ0n) is 32.8. The van der Waals surface area contributed by atoms with Crippen LogP contribution in [0.2, 0.25) is 0 Å². The van der Waals surface area contributed by atoms with Crippen LogP contribution in [-0.2, 0) is 22.2 Å². The number of amides is 1. The summed E-state index contributed by atoms with van der Waals surface area (Å²) >= 11 is 1.38. The van der Waals surface area contributed by atoms with Crippen LogP contribution in [0.25, 0.3) is 0 Å². The van der Waals surface area contributed by atoms with Crippen molar-refractivity contribution in [3.63, 3.8) is 0 Å². The number of hydrogen-bond acceptors (Lipinski definition) is 8. The first-order valence-corrected chi connectivity index (χ1v) is 20.1. The third-order valence-corrected chi connectivity index (χ3v) is 12.1. The molecule has 0 aliphatic carbocycles. The first kappa shape index (κ1) is 38.4. The number of carbonyl (C=O) groups excluding carboxylic acids is 1. The van der Waals surface area contributed by atoms with Crippen LogP contribution >= 0.6 is 11.3 Å². The van der Waals surface area contributed by atoms with Gasteiger partial charge in [-0.2, -0.15) is 0 Å². The zero-order valence-corrected chi connectivity index (χ0v) is 33.6. The lowest BCUT2D eigenvalue weighted by atomic mass is 9.76. The Morgan fingerprint density at radius 2 is 1.48 bits per heavy atom. The molecule has 10 nitrogen and oxygen atoms in total. The van der Waals surface area contributed by atoms with Gasteiger partial charge in [-0.15, -0.1) is 11.3 Å². The molecule has 3 atom stereocenters. The Hall–Kier alpha value is -6.46. The van der Waals surface area contributed by atoms with Gasteiger partial charge in [-0.1, -0.05) is 118 Å². The van der Waals surface area contributed by atoms with Crippen molar-refractivity contribution in [2.24, 2.45) is 0 Å². The quantitative estimate of drug-likeness (QED) is 0.129. The summed E-state index contributed by atoms with van der Waals surface area (Å²) in [6.45, 7) is 6.23. The molecule has 1 fully saturated rings. The Morgan fingerprint density at radius 1 is 0.845 bits per heavy atom. The smallest absolute Gasteiger partial charge is 0.330 e. The molecule has 4 aromatic carbocycles. The second-order valence-electron chi connectivity index (χ2n) is 15.7. The Balaban J connectivity index is 1.32. The monoisotopic (exact) mass is 788 g/mol. The summed E-state index contributed by atoms with van der Waals surface area (Å²) < 4.78 is 7.89. The van der Waals surface area contributed by atoms with Crippen molar-refractivity contribution in [3.05, 3.63) is 196 Å². The van der Waals surface area contributed by atoms with Crippen LogP contribution < -0.4 is 4.74 Å². The summed E-state index contributed by atoms with van der Waals surface area (Å²) in [4.78, 5) is 49.8. The summed E-state index contributed by atoms with van der Waals surface area (Å²) in [5.41, 5.74) is 2.40. The molecule has 58 heavy (non-hydrogen) atoms. The third kappa shape index (κ3) is 6.64. The SMILES string of the molecule is COc1cc(C(=O)N2[C@@H](c3nccs3)[C@@H](c3cnccn3)C[C@]2(Cc2cn(C(c3ccccc3)(c3ccccc3)c3ccccc3)cn2)C(=O)O)ccc1C(C)(C)C. The van der Waals surface area contributed by atoms with Crippen LogP contribution in [0.5, 0.6) is 5.75 Å². The highest BCUT2D eigenvalue weighted by molar-refractivity contribution is 7.09. The number of hydrogen-bond donors (Lipinski definition) is 1. The second-order valence-corrected chi connectivity index (χ2v) is 16.6. The van der Waals surface area contributed by atoms with E-state index in [0.717, 1.165) is 22.3 Å². The van der Waals surface area contributed by atoms with E-state index < -0.39 is 34.9 Å². The average Bonchev–Trinajstić information content (AvgIpc) is 4.03. The number of methoxy groups -OCH3 is 1. The molecule has 4 heterocycles. The average molecular weight is 789 g/mol. The molecule has 1 N–H and O–H groups in total. The van der Waals surface area contributed by atoms with Crippen LogP contribution in [0.4, 0.5) is 0 Å². The van der Waals surface area contributed by atoms with Crippen LogP contribution in [0.1, 0.15) is 88.2 Å². The van der Waals surface area contributed by atoms with E-state index in [2.05, 4.69) is 76.7 Å². The minimum Gasteiger partial charge on any atom is -0.496 e. The van der Waals surface area contributed by atoms with E-state index in [4.69, 9.17) is 9.72 Å². The Bertz CT molecular complexity index is 2410. The third-order valence-electron chi connectivity index (χ3n) is 11.3. The van der Waals surface area contributed by atoms with Gasteiger partial charge >= 0.3 is 5.97 Å². The molecule has 7 aromatic rings. The lowest BCUT2D eigenvalue weighted by Crippen LogP contribution is -2.55. The number of carbonyl (C=O) groups is 2. The first-order chi connectivity index (χ1) is 28.1. The lowest BCUT2D eigenvalue weighted by molar-refractivity contribution is -0.149. The van der Waals surface area contributed by atoms with E-state index in [1.807, 2.05) is 72.2 Å². The van der Waals surface area contributed by atoms with Crippen molar-refractivity contribution in [1.29, 1.82) is 0 Å². The Kier molecular flexibility index (Phi) is 10.2. The second kappa shape index (κ2) is 15.5. The van der Waals surface area contributed by atoms with Gasteiger partial charge in [0.15, 0.2) is 0 Å². The number of carboxylic acid groups (broad SMARTS) is 1. The molecule has 1 saturated heterocycles. The van der Waals surface area contributed by atoms with Gasteiger partial charge in [0.05, 0.1) is 30.9 Å². The van der Waals surface area contributed by atoms with Crippen LogP contribution in [0.3, 0.4) is 0 Å². The predicted octanol–water partition coefficient (Wildman–Crippen LogP) is 8.71. The molecular weight excluding hydrogens is 745 g/mol. The number of nitrogens with zero attached hydrogens (tertiary/aromatic N) is 6. The number of ether oxygens (including phenoxy) is 1. The van der Waals surface area contributed by atoms with Crippen molar-refractivity contribution in [2.75, 3.05) is 7.11 Å². The number of rotatable bonds is 11. The maximum absolute atomic E-state index is 15.3. The standard InChI is InChI=1S/C47H44N6O4S/c1-45(2,3)38-21-20-32(26-40(38)57-4)43(54)53-41(42-50-24-25-58-42)37(39-29-48-22-23-49-39)28-46(53,44(55)56)27-36-30-52(31-51-36)47(33-14-8-5-9-15-33,34-16-10-6-11-17-34)35-18-12-7-13-19-35/h5-26,29-31,37,41H,27-28H2,1-4H3,(H,55,56)/t37-,41-,46-/m1/s1. The number of aliphatic carboxylic acids is 1. The van der Waals surface area contributed by atoms with Gasteiger partial charge in [0.2, 0.25) is 0 Å². The van der Waals surface area contributed by atoms with Crippen LogP contribution in [-0.4, -0.2) is 59.0 Å². The molecule has 1 amide bonds. The molecule has 11 heteroatoms. The number of likely N-dealkylation sites (tertiary alicyclic amines) is 1. The van der Waals surface area contributed by atoms with E-state index in [1.54, 1.807) is 50.4 Å². The predicted molar refractivity (Wildman–Crippen MR) is 223 cm³/mol. The van der Waals surface area contributed by atoms with Crippen molar-refractivity contribution < 1.29 is 19.4 Å². The first-order valence-electron chi connectivity index (χ1n) is 19.2. The van der Waals surface area contributed by atoms with Gasteiger partial charge in [0, 0.05) is 54.3 Å². The highest BCUT2D eigenvalue weighted by Crippen LogP contribution is 2.54. The van der Waals surface area contributed by atoms with E-state index in [-0.39, 0.29) is 18.3 Å². The van der Waals surface area contributed by atoms with Gasteiger partial charge in [-0.25, -0.2) is 14.8 Å². The van der Waals surface area contributed by atoms with Crippen molar-refractivity contribution in [3.8, 4) is 5.75 Å². The van der Waals surface area contributed by atoms with E-state index >= 15 is 4.79 Å². The molecular formula is C47H44N6O4S. The fraction of sp³-hybridized carbons (Fsp3) is 0.234. The summed E-state index contributed by atoms with van der Waals surface area (Å²) in [7, 11) is 1.58. The maximum Gasteiger partial charge on any atom is 0.330 e. The van der Waals surface area contributed by atoms with Crippen molar-refractivity contribution in [1.82, 2.24) is 29.4 Å². The highest BCUT2D eigenvalue weighted by Gasteiger charge is 2.61. The number of aromatic nitrogens is 5. The topological polar surface area (TPSA) is 123 Å². The number of carboxylic acids is 1. The number of benzene rings is 4. The molecule has 0 unspecified atom stereocenters. The van der Waals surface area contributed by atoms with E-state index in [9.17, 15) is 9.90 Å². The zero-order chi connectivity index (χ0) is 40.5. The summed E-state index contributed by atoms with van der Waals surface area (Å²) in [5, 5.41) is 14.1. The molecule has 3 aromatic heterocycles. The fourth-order valence-electron chi connectivity index (χ4n) is 8.70. The Labute approximate surface area is 341 Å². The number of thiazole rings is 1. The minimum atomic E-state index is -1.78. The minimum absolute atomic E-state index is 0.0439. The Morgan fingerprint density at radius 3 is 2.00 bits per heavy atom. The highest BCUT2D eigenvalue weighted by atomic mass is 32.1. The van der Waals surface area contributed by atoms with Gasteiger partial charge in [-0.3, -0.25) is 14.8 Å². The summed E-state index contributed by atoms with van der Waals surface area (Å²) in [6, 6.07) is 35.2. The summed E-state index contributed by atoms with van der Waals surface area (Å²) in [5.74, 6) is -1.61. The van der Waals surface area contributed by atoms with Gasteiger partial charge in [-0.05, 0) is 46.2 Å². The molecule has 1 aliphatic rings. The normalized spacial score (nSPS) is 18.2.